The van der Waals surface area contributed by atoms with Crippen LogP contribution in [0.2, 0.25) is 0 Å². The summed E-state index contributed by atoms with van der Waals surface area (Å²) >= 11 is 0. The molecule has 1 aliphatic rings. The van der Waals surface area contributed by atoms with Crippen LogP contribution in [-0.4, -0.2) is 59.9 Å². The first-order valence-electron chi connectivity index (χ1n) is 10.8. The molecule has 35 heavy (non-hydrogen) atoms. The number of nitrogens with zero attached hydrogens (tertiary/aromatic N) is 3. The number of aromatic nitrogens is 2. The lowest BCUT2D eigenvalue weighted by Crippen LogP contribution is -2.49. The second kappa shape index (κ2) is 10.5. The van der Waals surface area contributed by atoms with Gasteiger partial charge in [0.05, 0.1) is 11.4 Å². The van der Waals surface area contributed by atoms with Crippen LogP contribution < -0.4 is 16.0 Å². The van der Waals surface area contributed by atoms with Crippen LogP contribution in [0.3, 0.4) is 0 Å². The number of carbonyl (C=O) groups is 3. The normalized spacial score (nSPS) is 14.2. The van der Waals surface area contributed by atoms with Crippen molar-refractivity contribution in [2.45, 2.75) is 18.0 Å². The number of benzene rings is 2. The third kappa shape index (κ3) is 6.11. The van der Waals surface area contributed by atoms with E-state index in [1.165, 1.54) is 28.9 Å². The molecule has 3 aromatic rings. The Balaban J connectivity index is 1.33. The number of carbonyl (C=O) groups excluding carboxylic acids is 3. The predicted molar refractivity (Wildman–Crippen MR) is 127 cm³/mol. The average molecular weight is 497 g/mol. The SMILES string of the molecule is O=C1CN(S(=O)(=O)c2ccc(C(=O)NCc3cccc(NC(=O)Cn4cccn4)c3)cc2)CCN1. The van der Waals surface area contributed by atoms with Crippen molar-refractivity contribution < 1.29 is 22.8 Å². The molecule has 1 fully saturated rings. The van der Waals surface area contributed by atoms with Gasteiger partial charge >= 0.3 is 0 Å². The lowest BCUT2D eigenvalue weighted by Gasteiger charge is -2.25. The number of anilines is 1. The van der Waals surface area contributed by atoms with Crippen molar-refractivity contribution in [3.05, 3.63) is 78.1 Å². The van der Waals surface area contributed by atoms with Gasteiger partial charge in [0.15, 0.2) is 0 Å². The highest BCUT2D eigenvalue weighted by Gasteiger charge is 2.29. The van der Waals surface area contributed by atoms with Gasteiger partial charge in [-0.25, -0.2) is 8.42 Å². The third-order valence-electron chi connectivity index (χ3n) is 5.29. The third-order valence-corrected chi connectivity index (χ3v) is 7.15. The van der Waals surface area contributed by atoms with Crippen LogP contribution in [0.15, 0.2) is 71.9 Å². The molecule has 0 unspecified atom stereocenters. The quantitative estimate of drug-likeness (QED) is 0.416. The largest absolute Gasteiger partial charge is 0.354 e. The molecule has 0 radical (unpaired) electrons. The van der Waals surface area contributed by atoms with E-state index in [0.29, 0.717) is 11.3 Å². The molecule has 0 atom stereocenters. The molecule has 2 aromatic carbocycles. The van der Waals surface area contributed by atoms with Gasteiger partial charge in [-0.1, -0.05) is 12.1 Å². The number of hydrogen-bond acceptors (Lipinski definition) is 6. The lowest BCUT2D eigenvalue weighted by molar-refractivity contribution is -0.122. The van der Waals surface area contributed by atoms with Crippen molar-refractivity contribution in [3.63, 3.8) is 0 Å². The highest BCUT2D eigenvalue weighted by Crippen LogP contribution is 2.17. The predicted octanol–water partition coefficient (Wildman–Crippen LogP) is 0.572. The van der Waals surface area contributed by atoms with Gasteiger partial charge in [0.1, 0.15) is 6.54 Å². The second-order valence-corrected chi connectivity index (χ2v) is 9.79. The summed E-state index contributed by atoms with van der Waals surface area (Å²) in [5.41, 5.74) is 1.66. The summed E-state index contributed by atoms with van der Waals surface area (Å²) in [6.07, 6.45) is 3.29. The molecule has 1 aromatic heterocycles. The summed E-state index contributed by atoms with van der Waals surface area (Å²) in [5, 5.41) is 12.2. The summed E-state index contributed by atoms with van der Waals surface area (Å²) in [6, 6.07) is 14.4. The van der Waals surface area contributed by atoms with Gasteiger partial charge in [-0.2, -0.15) is 9.40 Å². The first-order valence-corrected chi connectivity index (χ1v) is 12.3. The van der Waals surface area contributed by atoms with E-state index in [0.717, 1.165) is 9.87 Å². The highest BCUT2D eigenvalue weighted by molar-refractivity contribution is 7.89. The van der Waals surface area contributed by atoms with Crippen molar-refractivity contribution in [1.29, 1.82) is 0 Å². The fourth-order valence-corrected chi connectivity index (χ4v) is 4.93. The Morgan fingerprint density at radius 2 is 1.89 bits per heavy atom. The fourth-order valence-electron chi connectivity index (χ4n) is 3.53. The summed E-state index contributed by atoms with van der Waals surface area (Å²) in [5.74, 6) is -0.952. The van der Waals surface area contributed by atoms with Crippen molar-refractivity contribution in [3.8, 4) is 0 Å². The van der Waals surface area contributed by atoms with Gasteiger partial charge in [0.25, 0.3) is 5.91 Å². The fraction of sp³-hybridized carbons (Fsp3) is 0.217. The molecule has 0 bridgehead atoms. The average Bonchev–Trinajstić information content (AvgIpc) is 3.35. The van der Waals surface area contributed by atoms with E-state index in [-0.39, 0.29) is 55.3 Å². The summed E-state index contributed by atoms with van der Waals surface area (Å²) < 4.78 is 28.1. The molecule has 3 N–H and O–H groups in total. The van der Waals surface area contributed by atoms with E-state index >= 15 is 0 Å². The van der Waals surface area contributed by atoms with Crippen LogP contribution in [0.4, 0.5) is 5.69 Å². The highest BCUT2D eigenvalue weighted by atomic mass is 32.2. The monoisotopic (exact) mass is 496 g/mol. The molecule has 0 aliphatic carbocycles. The Hall–Kier alpha value is -4.03. The maximum atomic E-state index is 12.7. The van der Waals surface area contributed by atoms with E-state index < -0.39 is 10.0 Å². The topological polar surface area (TPSA) is 143 Å². The van der Waals surface area contributed by atoms with E-state index in [2.05, 4.69) is 21.0 Å². The van der Waals surface area contributed by atoms with Crippen LogP contribution in [0.5, 0.6) is 0 Å². The smallest absolute Gasteiger partial charge is 0.251 e. The van der Waals surface area contributed by atoms with E-state index in [1.807, 2.05) is 6.07 Å². The van der Waals surface area contributed by atoms with Gasteiger partial charge in [0, 0.05) is 43.3 Å². The number of rotatable bonds is 8. The molecule has 12 heteroatoms. The van der Waals surface area contributed by atoms with Crippen molar-refractivity contribution in [2.24, 2.45) is 0 Å². The minimum absolute atomic E-state index is 0.0160. The van der Waals surface area contributed by atoms with Gasteiger partial charge in [-0.15, -0.1) is 0 Å². The molecule has 0 spiro atoms. The Labute approximate surface area is 202 Å². The number of piperazine rings is 1. The van der Waals surface area contributed by atoms with Crippen LogP contribution in [0.25, 0.3) is 0 Å². The lowest BCUT2D eigenvalue weighted by atomic mass is 10.1. The molecule has 1 saturated heterocycles. The number of hydrogen-bond donors (Lipinski definition) is 3. The zero-order chi connectivity index (χ0) is 24.8. The molecular weight excluding hydrogens is 472 g/mol. The van der Waals surface area contributed by atoms with Crippen LogP contribution >= 0.6 is 0 Å². The van der Waals surface area contributed by atoms with Crippen LogP contribution in [0.1, 0.15) is 15.9 Å². The van der Waals surface area contributed by atoms with Gasteiger partial charge in [-0.05, 0) is 48.0 Å². The van der Waals surface area contributed by atoms with Crippen molar-refractivity contribution in [1.82, 2.24) is 24.7 Å². The first-order chi connectivity index (χ1) is 16.8. The van der Waals surface area contributed by atoms with Gasteiger partial charge < -0.3 is 16.0 Å². The maximum Gasteiger partial charge on any atom is 0.251 e. The molecule has 1 aliphatic heterocycles. The molecular formula is C23H24N6O5S. The van der Waals surface area contributed by atoms with Crippen LogP contribution in [0, 0.1) is 0 Å². The zero-order valence-corrected chi connectivity index (χ0v) is 19.5. The molecule has 4 rings (SSSR count). The van der Waals surface area contributed by atoms with E-state index in [1.54, 1.807) is 36.7 Å². The standard InChI is InChI=1S/C23H24N6O5S/c30-21-16-29(12-10-24-21)35(33,34)20-7-5-18(6-8-20)23(32)25-14-17-3-1-4-19(13-17)27-22(31)15-28-11-2-9-26-28/h1-9,11,13H,10,12,14-16H2,(H,24,30)(H,25,32)(H,27,31). The molecule has 3 amide bonds. The number of amides is 3. The van der Waals surface area contributed by atoms with Crippen LogP contribution in [-0.2, 0) is 32.7 Å². The van der Waals surface area contributed by atoms with E-state index in [4.69, 9.17) is 0 Å². The van der Waals surface area contributed by atoms with Crippen molar-refractivity contribution in [2.75, 3.05) is 25.0 Å². The zero-order valence-electron chi connectivity index (χ0n) is 18.7. The molecule has 11 nitrogen and oxygen atoms in total. The Bertz CT molecular complexity index is 1320. The number of nitrogens with one attached hydrogen (secondary N) is 3. The number of sulfonamides is 1. The summed E-state index contributed by atoms with van der Waals surface area (Å²) in [4.78, 5) is 36.3. The van der Waals surface area contributed by atoms with E-state index in [9.17, 15) is 22.8 Å². The Morgan fingerprint density at radius 1 is 1.09 bits per heavy atom. The summed E-state index contributed by atoms with van der Waals surface area (Å²) in [6.45, 7) is 0.523. The van der Waals surface area contributed by atoms with Gasteiger partial charge in [0.2, 0.25) is 21.8 Å². The molecule has 0 saturated carbocycles. The Morgan fingerprint density at radius 3 is 2.60 bits per heavy atom. The minimum atomic E-state index is -3.82. The van der Waals surface area contributed by atoms with Crippen molar-refractivity contribution >= 4 is 33.4 Å². The van der Waals surface area contributed by atoms with Gasteiger partial charge in [-0.3, -0.25) is 19.1 Å². The summed E-state index contributed by atoms with van der Waals surface area (Å²) in [7, 11) is -3.82. The maximum absolute atomic E-state index is 12.7. The minimum Gasteiger partial charge on any atom is -0.354 e. The molecule has 2 heterocycles. The second-order valence-electron chi connectivity index (χ2n) is 7.85. The Kier molecular flexibility index (Phi) is 7.22. The molecule has 182 valence electrons. The first kappa shape index (κ1) is 24.1.